The number of hydrogen-bond acceptors (Lipinski definition) is 5. The number of amides is 1. The third kappa shape index (κ3) is 3.97. The first-order valence-electron chi connectivity index (χ1n) is 9.66. The van der Waals surface area contributed by atoms with Crippen LogP contribution in [-0.4, -0.2) is 48.9 Å². The van der Waals surface area contributed by atoms with E-state index in [0.717, 1.165) is 12.8 Å². The summed E-state index contributed by atoms with van der Waals surface area (Å²) in [6.45, 7) is 3.24. The molecule has 10 heteroatoms. The highest BCUT2D eigenvalue weighted by Gasteiger charge is 2.26. The number of aromatic amines is 1. The summed E-state index contributed by atoms with van der Waals surface area (Å²) >= 11 is 12.6. The van der Waals surface area contributed by atoms with E-state index in [0.29, 0.717) is 40.2 Å². The zero-order valence-corrected chi connectivity index (χ0v) is 17.8. The summed E-state index contributed by atoms with van der Waals surface area (Å²) < 4.78 is 1.52. The SMILES string of the molecule is C/C=C/C(=O)N1CCCC(c2nc3c(nnn3Cc3c(Cl)cccc3Cl)c(=O)[nH]2)C1. The number of likely N-dealkylation sites (tertiary alicyclic amines) is 1. The smallest absolute Gasteiger partial charge is 0.281 e. The fraction of sp³-hybridized carbons (Fsp3) is 0.350. The molecule has 1 saturated heterocycles. The number of hydrogen-bond donors (Lipinski definition) is 1. The van der Waals surface area contributed by atoms with E-state index in [4.69, 9.17) is 23.2 Å². The lowest BCUT2D eigenvalue weighted by molar-refractivity contribution is -0.127. The topological polar surface area (TPSA) is 96.8 Å². The normalized spacial score (nSPS) is 17.2. The van der Waals surface area contributed by atoms with Gasteiger partial charge in [0.2, 0.25) is 5.91 Å². The predicted octanol–water partition coefficient (Wildman–Crippen LogP) is 3.15. The lowest BCUT2D eigenvalue weighted by atomic mass is 9.97. The summed E-state index contributed by atoms with van der Waals surface area (Å²) in [5.41, 5.74) is 0.835. The second-order valence-electron chi connectivity index (χ2n) is 7.19. The Balaban J connectivity index is 1.69. The average molecular weight is 447 g/mol. The fourth-order valence-electron chi connectivity index (χ4n) is 3.66. The van der Waals surface area contributed by atoms with Gasteiger partial charge in [-0.3, -0.25) is 9.59 Å². The molecule has 1 aliphatic rings. The van der Waals surface area contributed by atoms with Crippen molar-refractivity contribution in [3.63, 3.8) is 0 Å². The van der Waals surface area contributed by atoms with Crippen LogP contribution in [0.2, 0.25) is 10.0 Å². The van der Waals surface area contributed by atoms with Crippen LogP contribution in [0.15, 0.2) is 35.1 Å². The van der Waals surface area contributed by atoms with Gasteiger partial charge < -0.3 is 9.88 Å². The van der Waals surface area contributed by atoms with Crippen molar-refractivity contribution < 1.29 is 4.79 Å². The molecule has 1 fully saturated rings. The van der Waals surface area contributed by atoms with Crippen LogP contribution in [0.5, 0.6) is 0 Å². The minimum absolute atomic E-state index is 0.0364. The van der Waals surface area contributed by atoms with Gasteiger partial charge in [-0.2, -0.15) is 0 Å². The molecule has 0 bridgehead atoms. The molecular formula is C20H20Cl2N6O2. The number of H-pyrrole nitrogens is 1. The van der Waals surface area contributed by atoms with Crippen LogP contribution in [0.3, 0.4) is 0 Å². The van der Waals surface area contributed by atoms with Crippen molar-refractivity contribution in [2.75, 3.05) is 13.1 Å². The highest BCUT2D eigenvalue weighted by Crippen LogP contribution is 2.27. The van der Waals surface area contributed by atoms with Crippen LogP contribution in [0.25, 0.3) is 11.2 Å². The Bertz CT molecular complexity index is 1170. The number of carbonyl (C=O) groups is 1. The number of aromatic nitrogens is 5. The summed E-state index contributed by atoms with van der Waals surface area (Å²) in [5, 5.41) is 9.06. The van der Waals surface area contributed by atoms with E-state index in [-0.39, 0.29) is 29.4 Å². The van der Waals surface area contributed by atoms with Crippen molar-refractivity contribution in [2.45, 2.75) is 32.2 Å². The van der Waals surface area contributed by atoms with Crippen LogP contribution >= 0.6 is 23.2 Å². The van der Waals surface area contributed by atoms with E-state index < -0.39 is 0 Å². The van der Waals surface area contributed by atoms with E-state index in [9.17, 15) is 9.59 Å². The van der Waals surface area contributed by atoms with Gasteiger partial charge in [-0.25, -0.2) is 9.67 Å². The van der Waals surface area contributed by atoms with E-state index >= 15 is 0 Å². The molecule has 0 saturated carbocycles. The van der Waals surface area contributed by atoms with Gasteiger partial charge in [-0.05, 0) is 38.0 Å². The number of carbonyl (C=O) groups excluding carboxylic acids is 1. The molecule has 1 aliphatic heterocycles. The van der Waals surface area contributed by atoms with E-state index in [1.807, 2.05) is 6.92 Å². The third-order valence-corrected chi connectivity index (χ3v) is 5.90. The highest BCUT2D eigenvalue weighted by atomic mass is 35.5. The number of allylic oxidation sites excluding steroid dienone is 1. The molecule has 4 rings (SSSR count). The van der Waals surface area contributed by atoms with Crippen molar-refractivity contribution in [3.05, 3.63) is 62.1 Å². The molecule has 1 atom stereocenters. The number of nitrogens with zero attached hydrogens (tertiary/aromatic N) is 5. The lowest BCUT2D eigenvalue weighted by Gasteiger charge is -2.31. The zero-order chi connectivity index (χ0) is 21.3. The standard InChI is InChI=1S/C20H20Cl2N6O2/c1-2-5-16(29)27-9-4-6-12(10-27)18-23-19-17(20(30)24-18)25-26-28(19)11-13-14(21)7-3-8-15(13)22/h2-3,5,7-8,12H,4,6,9-11H2,1H3,(H,23,24,30)/b5-2+. The fourth-order valence-corrected chi connectivity index (χ4v) is 4.18. The Kier molecular flexibility index (Phi) is 5.87. The van der Waals surface area contributed by atoms with Gasteiger partial charge in [-0.1, -0.05) is 40.6 Å². The Hall–Kier alpha value is -2.71. The van der Waals surface area contributed by atoms with E-state index in [2.05, 4.69) is 20.3 Å². The molecule has 8 nitrogen and oxygen atoms in total. The Morgan fingerprint density at radius 2 is 2.10 bits per heavy atom. The molecule has 0 aliphatic carbocycles. The molecule has 3 heterocycles. The second-order valence-corrected chi connectivity index (χ2v) is 8.01. The van der Waals surface area contributed by atoms with Crippen LogP contribution in [-0.2, 0) is 11.3 Å². The van der Waals surface area contributed by atoms with E-state index in [1.165, 1.54) is 4.68 Å². The number of benzene rings is 1. The van der Waals surface area contributed by atoms with Gasteiger partial charge in [0.05, 0.1) is 6.54 Å². The number of fused-ring (bicyclic) bond motifs is 1. The van der Waals surface area contributed by atoms with E-state index in [1.54, 1.807) is 35.3 Å². The highest BCUT2D eigenvalue weighted by molar-refractivity contribution is 6.36. The number of piperidine rings is 1. The number of rotatable bonds is 4. The van der Waals surface area contributed by atoms with Gasteiger partial charge in [-0.15, -0.1) is 5.10 Å². The van der Waals surface area contributed by atoms with Gasteiger partial charge in [0.15, 0.2) is 11.2 Å². The second kappa shape index (κ2) is 8.57. The molecule has 156 valence electrons. The summed E-state index contributed by atoms with van der Waals surface area (Å²) in [5.74, 6) is 0.419. The molecule has 1 aromatic carbocycles. The Morgan fingerprint density at radius 1 is 1.33 bits per heavy atom. The maximum Gasteiger partial charge on any atom is 0.281 e. The van der Waals surface area contributed by atoms with Crippen LogP contribution in [0.4, 0.5) is 0 Å². The minimum atomic E-state index is -0.358. The third-order valence-electron chi connectivity index (χ3n) is 5.19. The summed E-state index contributed by atoms with van der Waals surface area (Å²) in [6.07, 6.45) is 4.94. The first-order valence-corrected chi connectivity index (χ1v) is 10.4. The molecule has 2 aromatic heterocycles. The molecule has 0 spiro atoms. The maximum atomic E-state index is 12.6. The maximum absolute atomic E-state index is 12.6. The Labute approximate surface area is 182 Å². The quantitative estimate of drug-likeness (QED) is 0.620. The first-order chi connectivity index (χ1) is 14.5. The molecule has 0 radical (unpaired) electrons. The van der Waals surface area contributed by atoms with Crippen LogP contribution < -0.4 is 5.56 Å². The summed E-state index contributed by atoms with van der Waals surface area (Å²) in [6, 6.07) is 5.25. The number of nitrogens with one attached hydrogen (secondary N) is 1. The van der Waals surface area contributed by atoms with Crippen molar-refractivity contribution in [3.8, 4) is 0 Å². The average Bonchev–Trinajstić information content (AvgIpc) is 3.14. The Morgan fingerprint density at radius 3 is 2.83 bits per heavy atom. The van der Waals surface area contributed by atoms with Crippen LogP contribution in [0, 0.1) is 0 Å². The minimum Gasteiger partial charge on any atom is -0.338 e. The lowest BCUT2D eigenvalue weighted by Crippen LogP contribution is -2.39. The molecule has 30 heavy (non-hydrogen) atoms. The predicted molar refractivity (Wildman–Crippen MR) is 115 cm³/mol. The largest absolute Gasteiger partial charge is 0.338 e. The molecule has 3 aromatic rings. The summed E-state index contributed by atoms with van der Waals surface area (Å²) in [4.78, 5) is 34.1. The zero-order valence-electron chi connectivity index (χ0n) is 16.3. The van der Waals surface area contributed by atoms with Crippen molar-refractivity contribution in [1.82, 2.24) is 29.9 Å². The molecular weight excluding hydrogens is 427 g/mol. The van der Waals surface area contributed by atoms with Gasteiger partial charge in [0, 0.05) is 34.6 Å². The van der Waals surface area contributed by atoms with Crippen LogP contribution in [0.1, 0.15) is 37.1 Å². The first kappa shape index (κ1) is 20.6. The summed E-state index contributed by atoms with van der Waals surface area (Å²) in [7, 11) is 0. The van der Waals surface area contributed by atoms with Crippen molar-refractivity contribution >= 4 is 40.3 Å². The van der Waals surface area contributed by atoms with Gasteiger partial charge in [0.1, 0.15) is 5.82 Å². The van der Waals surface area contributed by atoms with Gasteiger partial charge in [0.25, 0.3) is 5.56 Å². The molecule has 1 amide bonds. The molecule has 1 unspecified atom stereocenters. The van der Waals surface area contributed by atoms with Gasteiger partial charge >= 0.3 is 0 Å². The number of halogens is 2. The van der Waals surface area contributed by atoms with Crippen molar-refractivity contribution in [1.29, 1.82) is 0 Å². The monoisotopic (exact) mass is 446 g/mol. The molecule has 1 N–H and O–H groups in total. The van der Waals surface area contributed by atoms with Crippen molar-refractivity contribution in [2.24, 2.45) is 0 Å².